The fourth-order valence-corrected chi connectivity index (χ4v) is 1.43. The van der Waals surface area contributed by atoms with Crippen molar-refractivity contribution in [3.05, 3.63) is 24.0 Å². The largest absolute Gasteiger partial charge is 0.480 e. The van der Waals surface area contributed by atoms with Gasteiger partial charge in [0, 0.05) is 6.20 Å². The van der Waals surface area contributed by atoms with Gasteiger partial charge in [-0.3, -0.25) is 9.59 Å². The Kier molecular flexibility index (Phi) is 2.28. The van der Waals surface area contributed by atoms with Crippen molar-refractivity contribution >= 4 is 22.9 Å². The van der Waals surface area contributed by atoms with E-state index in [1.54, 1.807) is 12.1 Å². The second-order valence-corrected chi connectivity index (χ2v) is 3.14. The number of carbonyl (C=O) groups excluding carboxylic acids is 1. The highest BCUT2D eigenvalue weighted by molar-refractivity contribution is 6.03. The van der Waals surface area contributed by atoms with Crippen LogP contribution in [0.4, 0.5) is 0 Å². The lowest BCUT2D eigenvalue weighted by Crippen LogP contribution is -2.14. The molecule has 3 N–H and O–H groups in total. The number of carboxylic acid groups (broad SMARTS) is 1. The molecule has 0 saturated carbocycles. The molecule has 0 radical (unpaired) electrons. The van der Waals surface area contributed by atoms with Gasteiger partial charge in [-0.1, -0.05) is 0 Å². The van der Waals surface area contributed by atoms with E-state index in [4.69, 9.17) is 10.8 Å². The summed E-state index contributed by atoms with van der Waals surface area (Å²) in [6.07, 6.45) is 1.49. The average Bonchev–Trinajstić information content (AvgIpc) is 2.57. The van der Waals surface area contributed by atoms with Gasteiger partial charge >= 0.3 is 5.97 Å². The van der Waals surface area contributed by atoms with E-state index in [9.17, 15) is 9.59 Å². The SMILES string of the molecule is NC(=O)c1nn(CC(=O)O)c2ncccc12. The molecule has 0 spiro atoms. The van der Waals surface area contributed by atoms with Gasteiger partial charge in [0.25, 0.3) is 5.91 Å². The smallest absolute Gasteiger partial charge is 0.325 e. The number of carbonyl (C=O) groups is 2. The summed E-state index contributed by atoms with van der Waals surface area (Å²) >= 11 is 0. The molecule has 0 fully saturated rings. The van der Waals surface area contributed by atoms with Crippen LogP contribution in [0.25, 0.3) is 11.0 Å². The summed E-state index contributed by atoms with van der Waals surface area (Å²) in [4.78, 5) is 25.6. The maximum atomic E-state index is 11.1. The third kappa shape index (κ3) is 1.58. The fourth-order valence-electron chi connectivity index (χ4n) is 1.43. The second kappa shape index (κ2) is 3.61. The Bertz CT molecular complexity index is 575. The number of amides is 1. The van der Waals surface area contributed by atoms with Crippen LogP contribution in [0.2, 0.25) is 0 Å². The van der Waals surface area contributed by atoms with Crippen LogP contribution in [0.15, 0.2) is 18.3 Å². The van der Waals surface area contributed by atoms with E-state index in [2.05, 4.69) is 10.1 Å². The van der Waals surface area contributed by atoms with E-state index in [0.29, 0.717) is 11.0 Å². The van der Waals surface area contributed by atoms with Crippen LogP contribution in [0, 0.1) is 0 Å². The number of primary amides is 1. The van der Waals surface area contributed by atoms with Gasteiger partial charge in [-0.15, -0.1) is 0 Å². The zero-order valence-corrected chi connectivity index (χ0v) is 8.12. The minimum absolute atomic E-state index is 0.0318. The molecule has 0 aromatic carbocycles. The number of pyridine rings is 1. The molecule has 0 aliphatic heterocycles. The first-order valence-corrected chi connectivity index (χ1v) is 4.42. The Morgan fingerprint density at radius 2 is 2.25 bits per heavy atom. The average molecular weight is 220 g/mol. The maximum Gasteiger partial charge on any atom is 0.325 e. The first-order chi connectivity index (χ1) is 7.59. The minimum Gasteiger partial charge on any atom is -0.480 e. The second-order valence-electron chi connectivity index (χ2n) is 3.14. The number of hydrogen-bond acceptors (Lipinski definition) is 4. The molecule has 0 aliphatic rings. The lowest BCUT2D eigenvalue weighted by molar-refractivity contribution is -0.137. The Morgan fingerprint density at radius 1 is 1.50 bits per heavy atom. The highest BCUT2D eigenvalue weighted by atomic mass is 16.4. The van der Waals surface area contributed by atoms with E-state index in [1.807, 2.05) is 0 Å². The summed E-state index contributed by atoms with van der Waals surface area (Å²) in [5.41, 5.74) is 5.50. The zero-order valence-electron chi connectivity index (χ0n) is 8.12. The van der Waals surface area contributed by atoms with Crippen LogP contribution in [-0.2, 0) is 11.3 Å². The molecule has 0 atom stereocenters. The number of hydrogen-bond donors (Lipinski definition) is 2. The number of rotatable bonds is 3. The van der Waals surface area contributed by atoms with E-state index >= 15 is 0 Å². The Labute approximate surface area is 89.5 Å². The van der Waals surface area contributed by atoms with E-state index in [1.165, 1.54) is 6.20 Å². The summed E-state index contributed by atoms with van der Waals surface area (Å²) in [5.74, 6) is -1.77. The van der Waals surface area contributed by atoms with Crippen molar-refractivity contribution in [3.8, 4) is 0 Å². The van der Waals surface area contributed by atoms with Gasteiger partial charge in [0.2, 0.25) is 0 Å². The van der Waals surface area contributed by atoms with Crippen LogP contribution < -0.4 is 5.73 Å². The molecule has 2 rings (SSSR count). The van der Waals surface area contributed by atoms with Crippen molar-refractivity contribution in [2.24, 2.45) is 5.73 Å². The maximum absolute atomic E-state index is 11.1. The highest BCUT2D eigenvalue weighted by Crippen LogP contribution is 2.15. The Hall–Kier alpha value is -2.44. The first kappa shape index (κ1) is 10.1. The number of fused-ring (bicyclic) bond motifs is 1. The van der Waals surface area contributed by atoms with Gasteiger partial charge in [-0.25, -0.2) is 9.67 Å². The van der Waals surface area contributed by atoms with Gasteiger partial charge in [-0.05, 0) is 12.1 Å². The Balaban J connectivity index is 2.66. The Morgan fingerprint density at radius 3 is 2.88 bits per heavy atom. The van der Waals surface area contributed by atoms with Gasteiger partial charge in [0.15, 0.2) is 11.3 Å². The van der Waals surface area contributed by atoms with Gasteiger partial charge in [0.05, 0.1) is 5.39 Å². The van der Waals surface area contributed by atoms with Crippen molar-refractivity contribution in [1.82, 2.24) is 14.8 Å². The van der Waals surface area contributed by atoms with Gasteiger partial charge in [0.1, 0.15) is 6.54 Å². The molecule has 2 aromatic rings. The molecule has 1 amide bonds. The molecule has 7 nitrogen and oxygen atoms in total. The molecule has 16 heavy (non-hydrogen) atoms. The van der Waals surface area contributed by atoms with Crippen molar-refractivity contribution in [1.29, 1.82) is 0 Å². The number of carboxylic acids is 1. The molecule has 2 heterocycles. The third-order valence-corrected chi connectivity index (χ3v) is 2.03. The molecular formula is C9H8N4O3. The predicted molar refractivity (Wildman–Crippen MR) is 53.7 cm³/mol. The van der Waals surface area contributed by atoms with Crippen LogP contribution in [0.3, 0.4) is 0 Å². The summed E-state index contributed by atoms with van der Waals surface area (Å²) in [6.45, 7) is -0.360. The molecule has 7 heteroatoms. The van der Waals surface area contributed by atoms with Crippen LogP contribution in [0.5, 0.6) is 0 Å². The van der Waals surface area contributed by atoms with Gasteiger partial charge in [-0.2, -0.15) is 5.10 Å². The summed E-state index contributed by atoms with van der Waals surface area (Å²) in [7, 11) is 0. The number of nitrogens with two attached hydrogens (primary N) is 1. The molecule has 0 saturated heterocycles. The van der Waals surface area contributed by atoms with E-state index in [-0.39, 0.29) is 12.2 Å². The van der Waals surface area contributed by atoms with Crippen molar-refractivity contribution < 1.29 is 14.7 Å². The molecule has 82 valence electrons. The van der Waals surface area contributed by atoms with Crippen LogP contribution >= 0.6 is 0 Å². The standard InChI is InChI=1S/C9H8N4O3/c10-8(16)7-5-2-1-3-11-9(5)13(12-7)4-6(14)15/h1-3H,4H2,(H2,10,16)(H,14,15). The van der Waals surface area contributed by atoms with Crippen LogP contribution in [0.1, 0.15) is 10.5 Å². The number of aromatic nitrogens is 3. The summed E-state index contributed by atoms with van der Waals surface area (Å²) in [5, 5.41) is 13.0. The first-order valence-electron chi connectivity index (χ1n) is 4.42. The zero-order chi connectivity index (χ0) is 11.7. The third-order valence-electron chi connectivity index (χ3n) is 2.03. The molecular weight excluding hydrogens is 212 g/mol. The number of aliphatic carboxylic acids is 1. The molecule has 0 unspecified atom stereocenters. The van der Waals surface area contributed by atoms with Crippen molar-refractivity contribution in [2.45, 2.75) is 6.54 Å². The highest BCUT2D eigenvalue weighted by Gasteiger charge is 2.16. The minimum atomic E-state index is -1.06. The monoisotopic (exact) mass is 220 g/mol. The summed E-state index contributed by atoms with van der Waals surface area (Å²) < 4.78 is 1.14. The molecule has 0 aliphatic carbocycles. The molecule has 0 bridgehead atoms. The summed E-state index contributed by atoms with van der Waals surface area (Å²) in [6, 6.07) is 3.25. The van der Waals surface area contributed by atoms with Crippen molar-refractivity contribution in [3.63, 3.8) is 0 Å². The number of nitrogens with zero attached hydrogens (tertiary/aromatic N) is 3. The van der Waals surface area contributed by atoms with E-state index < -0.39 is 11.9 Å². The lowest BCUT2D eigenvalue weighted by Gasteiger charge is -1.96. The predicted octanol–water partition coefficient (Wildman–Crippen LogP) is -0.385. The van der Waals surface area contributed by atoms with Crippen LogP contribution in [-0.4, -0.2) is 31.7 Å². The quantitative estimate of drug-likeness (QED) is 0.732. The fraction of sp³-hybridized carbons (Fsp3) is 0.111. The lowest BCUT2D eigenvalue weighted by atomic mass is 10.2. The topological polar surface area (TPSA) is 111 Å². The molecule has 2 aromatic heterocycles. The van der Waals surface area contributed by atoms with Crippen molar-refractivity contribution in [2.75, 3.05) is 0 Å². The van der Waals surface area contributed by atoms with E-state index in [0.717, 1.165) is 4.68 Å². The van der Waals surface area contributed by atoms with Gasteiger partial charge < -0.3 is 10.8 Å². The normalized spacial score (nSPS) is 10.5.